The molecule has 0 aliphatic heterocycles. The number of nitrogens with zero attached hydrogens (tertiary/aromatic N) is 1. The van der Waals surface area contributed by atoms with Crippen molar-refractivity contribution in [3.05, 3.63) is 30.1 Å². The lowest BCUT2D eigenvalue weighted by Crippen LogP contribution is -2.22. The van der Waals surface area contributed by atoms with Crippen LogP contribution >= 0.6 is 0 Å². The summed E-state index contributed by atoms with van der Waals surface area (Å²) in [5.41, 5.74) is 6.60. The monoisotopic (exact) mass is 194 g/mol. The van der Waals surface area contributed by atoms with Crippen LogP contribution < -0.4 is 5.73 Å². The zero-order chi connectivity index (χ0) is 10.6. The number of nitrogens with two attached hydrogens (primary N) is 1. The van der Waals surface area contributed by atoms with E-state index >= 15 is 0 Å². The lowest BCUT2D eigenvalue weighted by molar-refractivity contribution is -0.138. The topological polar surface area (TPSA) is 76.2 Å². The maximum absolute atomic E-state index is 10.5. The molecule has 76 valence electrons. The van der Waals surface area contributed by atoms with Gasteiger partial charge in [-0.3, -0.25) is 9.78 Å². The highest BCUT2D eigenvalue weighted by molar-refractivity contribution is 5.67. The average molecular weight is 194 g/mol. The summed E-state index contributed by atoms with van der Waals surface area (Å²) in [5, 5.41) is 8.60. The van der Waals surface area contributed by atoms with Crippen LogP contribution in [0.4, 0.5) is 0 Å². The van der Waals surface area contributed by atoms with Gasteiger partial charge in [0.15, 0.2) is 0 Å². The molecular formula is C10H14N2O2. The summed E-state index contributed by atoms with van der Waals surface area (Å²) in [5.74, 6) is -0.939. The molecule has 1 heterocycles. The summed E-state index contributed by atoms with van der Waals surface area (Å²) in [6, 6.07) is 5.14. The van der Waals surface area contributed by atoms with E-state index in [4.69, 9.17) is 10.8 Å². The van der Waals surface area contributed by atoms with Crippen molar-refractivity contribution in [1.82, 2.24) is 4.98 Å². The third-order valence-corrected chi connectivity index (χ3v) is 2.14. The Morgan fingerprint density at radius 3 is 2.86 bits per heavy atom. The molecule has 4 nitrogen and oxygen atoms in total. The number of rotatable bonds is 4. The lowest BCUT2D eigenvalue weighted by atomic mass is 9.96. The predicted octanol–water partition coefficient (Wildman–Crippen LogP) is 1.19. The first-order chi connectivity index (χ1) is 6.61. The summed E-state index contributed by atoms with van der Waals surface area (Å²) in [6.07, 6.45) is 1.72. The Kier molecular flexibility index (Phi) is 3.59. The second-order valence-electron chi connectivity index (χ2n) is 3.36. The van der Waals surface area contributed by atoms with Crippen LogP contribution in [0.15, 0.2) is 24.4 Å². The maximum Gasteiger partial charge on any atom is 0.303 e. The Hall–Kier alpha value is -1.42. The summed E-state index contributed by atoms with van der Waals surface area (Å²) in [6.45, 7) is 1.81. The number of pyridine rings is 1. The largest absolute Gasteiger partial charge is 0.481 e. The van der Waals surface area contributed by atoms with Gasteiger partial charge in [0, 0.05) is 12.6 Å². The highest BCUT2D eigenvalue weighted by atomic mass is 16.4. The molecule has 2 unspecified atom stereocenters. The first-order valence-corrected chi connectivity index (χ1v) is 4.49. The van der Waals surface area contributed by atoms with Crippen molar-refractivity contribution in [2.45, 2.75) is 19.4 Å². The van der Waals surface area contributed by atoms with Crippen LogP contribution in [-0.2, 0) is 4.79 Å². The second-order valence-corrected chi connectivity index (χ2v) is 3.36. The molecule has 0 fully saturated rings. The summed E-state index contributed by atoms with van der Waals surface area (Å²) in [4.78, 5) is 14.6. The van der Waals surface area contributed by atoms with Gasteiger partial charge in [0.05, 0.1) is 11.7 Å². The fraction of sp³-hybridized carbons (Fsp3) is 0.400. The Morgan fingerprint density at radius 2 is 2.36 bits per heavy atom. The van der Waals surface area contributed by atoms with E-state index in [2.05, 4.69) is 4.98 Å². The van der Waals surface area contributed by atoms with Crippen molar-refractivity contribution in [3.8, 4) is 0 Å². The lowest BCUT2D eigenvalue weighted by Gasteiger charge is -2.17. The fourth-order valence-electron chi connectivity index (χ4n) is 1.27. The number of carboxylic acids is 1. The van der Waals surface area contributed by atoms with E-state index in [9.17, 15) is 4.79 Å². The number of carboxylic acid groups (broad SMARTS) is 1. The maximum atomic E-state index is 10.5. The quantitative estimate of drug-likeness (QED) is 0.754. The molecule has 0 saturated heterocycles. The van der Waals surface area contributed by atoms with Crippen molar-refractivity contribution in [1.29, 1.82) is 0 Å². The predicted molar refractivity (Wildman–Crippen MR) is 52.6 cm³/mol. The molecule has 0 radical (unpaired) electrons. The Morgan fingerprint density at radius 1 is 1.64 bits per heavy atom. The van der Waals surface area contributed by atoms with Gasteiger partial charge >= 0.3 is 5.97 Å². The molecular weight excluding hydrogens is 180 g/mol. The van der Waals surface area contributed by atoms with Crippen LogP contribution in [0.5, 0.6) is 0 Å². The molecule has 0 amide bonds. The third kappa shape index (κ3) is 2.81. The molecule has 0 spiro atoms. The molecule has 1 aromatic rings. The van der Waals surface area contributed by atoms with E-state index in [-0.39, 0.29) is 18.4 Å². The van der Waals surface area contributed by atoms with Crippen molar-refractivity contribution in [2.24, 2.45) is 11.7 Å². The summed E-state index contributed by atoms with van der Waals surface area (Å²) < 4.78 is 0. The van der Waals surface area contributed by atoms with Gasteiger partial charge in [0.2, 0.25) is 0 Å². The zero-order valence-electron chi connectivity index (χ0n) is 8.05. The second kappa shape index (κ2) is 4.72. The van der Waals surface area contributed by atoms with E-state index in [0.29, 0.717) is 0 Å². The van der Waals surface area contributed by atoms with Crippen LogP contribution in [0.3, 0.4) is 0 Å². The van der Waals surface area contributed by atoms with Crippen molar-refractivity contribution >= 4 is 5.97 Å². The highest BCUT2D eigenvalue weighted by Gasteiger charge is 2.18. The Labute approximate surface area is 82.8 Å². The van der Waals surface area contributed by atoms with Gasteiger partial charge in [-0.2, -0.15) is 0 Å². The van der Waals surface area contributed by atoms with Crippen LogP contribution in [0.1, 0.15) is 25.1 Å². The Bertz CT molecular complexity index is 300. The molecule has 3 N–H and O–H groups in total. The molecule has 1 rings (SSSR count). The summed E-state index contributed by atoms with van der Waals surface area (Å²) >= 11 is 0. The molecule has 4 heteroatoms. The molecule has 1 aromatic heterocycles. The van der Waals surface area contributed by atoms with Crippen LogP contribution in [0.25, 0.3) is 0 Å². The molecule has 0 bridgehead atoms. The van der Waals surface area contributed by atoms with Crippen molar-refractivity contribution in [3.63, 3.8) is 0 Å². The Balaban J connectivity index is 2.65. The summed E-state index contributed by atoms with van der Waals surface area (Å²) in [7, 11) is 0. The first kappa shape index (κ1) is 10.7. The third-order valence-electron chi connectivity index (χ3n) is 2.14. The first-order valence-electron chi connectivity index (χ1n) is 4.49. The minimum atomic E-state index is -0.830. The van der Waals surface area contributed by atoms with E-state index in [1.807, 2.05) is 19.1 Å². The highest BCUT2D eigenvalue weighted by Crippen LogP contribution is 2.19. The number of carbonyl (C=O) groups is 1. The number of hydrogen-bond acceptors (Lipinski definition) is 3. The van der Waals surface area contributed by atoms with Crippen LogP contribution in [-0.4, -0.2) is 16.1 Å². The van der Waals surface area contributed by atoms with E-state index in [1.165, 1.54) is 0 Å². The minimum absolute atomic E-state index is 0.0672. The van der Waals surface area contributed by atoms with E-state index in [1.54, 1.807) is 12.3 Å². The normalized spacial score (nSPS) is 14.7. The van der Waals surface area contributed by atoms with Gasteiger partial charge in [0.1, 0.15) is 0 Å². The molecule has 0 aromatic carbocycles. The smallest absolute Gasteiger partial charge is 0.303 e. The average Bonchev–Trinajstić information content (AvgIpc) is 2.17. The van der Waals surface area contributed by atoms with Gasteiger partial charge in [-0.25, -0.2) is 0 Å². The van der Waals surface area contributed by atoms with Gasteiger partial charge in [-0.05, 0) is 18.1 Å². The molecule has 2 atom stereocenters. The van der Waals surface area contributed by atoms with E-state index < -0.39 is 5.97 Å². The molecule has 0 aliphatic carbocycles. The van der Waals surface area contributed by atoms with Gasteiger partial charge in [-0.1, -0.05) is 13.0 Å². The molecule has 14 heavy (non-hydrogen) atoms. The van der Waals surface area contributed by atoms with Crippen LogP contribution in [0, 0.1) is 5.92 Å². The number of aliphatic carboxylic acids is 1. The fourth-order valence-corrected chi connectivity index (χ4v) is 1.27. The standard InChI is InChI=1S/C10H14N2O2/c1-7(6-9(13)14)10(11)8-4-2-3-5-12-8/h2-5,7,10H,6,11H2,1H3,(H,13,14). The van der Waals surface area contributed by atoms with Crippen LogP contribution in [0.2, 0.25) is 0 Å². The number of hydrogen-bond donors (Lipinski definition) is 2. The minimum Gasteiger partial charge on any atom is -0.481 e. The van der Waals surface area contributed by atoms with Gasteiger partial charge in [-0.15, -0.1) is 0 Å². The van der Waals surface area contributed by atoms with Crippen molar-refractivity contribution in [2.75, 3.05) is 0 Å². The van der Waals surface area contributed by atoms with E-state index in [0.717, 1.165) is 5.69 Å². The van der Waals surface area contributed by atoms with Gasteiger partial charge < -0.3 is 10.8 Å². The zero-order valence-corrected chi connectivity index (χ0v) is 8.05. The van der Waals surface area contributed by atoms with Gasteiger partial charge in [0.25, 0.3) is 0 Å². The molecule has 0 aliphatic rings. The van der Waals surface area contributed by atoms with Crippen molar-refractivity contribution < 1.29 is 9.90 Å². The number of aromatic nitrogens is 1. The SMILES string of the molecule is CC(CC(=O)O)C(N)c1ccccn1. The molecule has 0 saturated carbocycles.